The maximum absolute atomic E-state index is 3.74. The van der Waals surface area contributed by atoms with Gasteiger partial charge in [-0.3, -0.25) is 0 Å². The van der Waals surface area contributed by atoms with Gasteiger partial charge < -0.3 is 10.2 Å². The Morgan fingerprint density at radius 2 is 2.11 bits per heavy atom. The zero-order chi connectivity index (χ0) is 13.3. The summed E-state index contributed by atoms with van der Waals surface area (Å²) in [6, 6.07) is 7.11. The number of halogens is 1. The lowest BCUT2D eigenvalue weighted by molar-refractivity contribution is 0.517. The lowest BCUT2D eigenvalue weighted by Crippen LogP contribution is -2.38. The minimum atomic E-state index is 0.276. The van der Waals surface area contributed by atoms with Crippen LogP contribution in [0.5, 0.6) is 0 Å². The van der Waals surface area contributed by atoms with E-state index in [9.17, 15) is 0 Å². The SMILES string of the molecule is CNC(C)c1ccc(N2CCCC2(C)C)c(Br)c1. The molecular formula is C15H23BrN2. The van der Waals surface area contributed by atoms with Crippen molar-refractivity contribution >= 4 is 21.6 Å². The third-order valence-electron chi connectivity index (χ3n) is 4.10. The highest BCUT2D eigenvalue weighted by molar-refractivity contribution is 9.10. The molecule has 1 fully saturated rings. The van der Waals surface area contributed by atoms with Gasteiger partial charge in [0, 0.05) is 22.6 Å². The van der Waals surface area contributed by atoms with Gasteiger partial charge >= 0.3 is 0 Å². The molecule has 0 aromatic heterocycles. The van der Waals surface area contributed by atoms with E-state index in [1.54, 1.807) is 0 Å². The van der Waals surface area contributed by atoms with Gasteiger partial charge in [0.1, 0.15) is 0 Å². The average molecular weight is 311 g/mol. The van der Waals surface area contributed by atoms with Gasteiger partial charge in [-0.05, 0) is 74.3 Å². The van der Waals surface area contributed by atoms with E-state index in [0.717, 1.165) is 6.54 Å². The van der Waals surface area contributed by atoms with Crippen molar-refractivity contribution in [1.29, 1.82) is 0 Å². The fourth-order valence-corrected chi connectivity index (χ4v) is 3.34. The van der Waals surface area contributed by atoms with Crippen LogP contribution in [0.3, 0.4) is 0 Å². The molecule has 3 heteroatoms. The van der Waals surface area contributed by atoms with E-state index in [1.807, 2.05) is 7.05 Å². The van der Waals surface area contributed by atoms with Crippen LogP contribution in [0, 0.1) is 0 Å². The predicted octanol–water partition coefficient (Wildman–Crippen LogP) is 4.11. The minimum absolute atomic E-state index is 0.276. The number of nitrogens with one attached hydrogen (secondary N) is 1. The molecule has 0 saturated carbocycles. The maximum Gasteiger partial charge on any atom is 0.0515 e. The van der Waals surface area contributed by atoms with Crippen LogP contribution < -0.4 is 10.2 Å². The van der Waals surface area contributed by atoms with E-state index in [4.69, 9.17) is 0 Å². The first kappa shape index (κ1) is 13.9. The fraction of sp³-hybridized carbons (Fsp3) is 0.600. The molecule has 1 aliphatic heterocycles. The van der Waals surface area contributed by atoms with Crippen molar-refractivity contribution in [1.82, 2.24) is 5.32 Å². The lowest BCUT2D eigenvalue weighted by Gasteiger charge is -2.34. The molecule has 1 atom stereocenters. The first-order chi connectivity index (χ1) is 8.45. The number of anilines is 1. The summed E-state index contributed by atoms with van der Waals surface area (Å²) < 4.78 is 1.21. The second-order valence-corrected chi connectivity index (χ2v) is 6.64. The highest BCUT2D eigenvalue weighted by Crippen LogP contribution is 2.38. The molecule has 2 nitrogen and oxygen atoms in total. The summed E-state index contributed by atoms with van der Waals surface area (Å²) >= 11 is 3.74. The zero-order valence-corrected chi connectivity index (χ0v) is 13.3. The number of benzene rings is 1. The fourth-order valence-electron chi connectivity index (χ4n) is 2.73. The Balaban J connectivity index is 2.30. The van der Waals surface area contributed by atoms with Gasteiger partial charge in [0.15, 0.2) is 0 Å². The van der Waals surface area contributed by atoms with Crippen LogP contribution in [0.1, 0.15) is 45.2 Å². The third-order valence-corrected chi connectivity index (χ3v) is 4.73. The quantitative estimate of drug-likeness (QED) is 0.904. The van der Waals surface area contributed by atoms with Gasteiger partial charge in [0.25, 0.3) is 0 Å². The summed E-state index contributed by atoms with van der Waals surface area (Å²) in [4.78, 5) is 2.52. The molecule has 0 bridgehead atoms. The Labute approximate surface area is 119 Å². The maximum atomic E-state index is 3.74. The summed E-state index contributed by atoms with van der Waals surface area (Å²) in [5.74, 6) is 0. The van der Waals surface area contributed by atoms with E-state index in [2.05, 4.69) is 65.1 Å². The largest absolute Gasteiger partial charge is 0.366 e. The summed E-state index contributed by atoms with van der Waals surface area (Å²) in [5, 5.41) is 3.28. The van der Waals surface area contributed by atoms with Crippen LogP contribution in [0.15, 0.2) is 22.7 Å². The van der Waals surface area contributed by atoms with Gasteiger partial charge in [0.05, 0.1) is 5.69 Å². The molecule has 0 radical (unpaired) electrons. The lowest BCUT2D eigenvalue weighted by atomic mass is 10.0. The van der Waals surface area contributed by atoms with Crippen LogP contribution >= 0.6 is 15.9 Å². The molecule has 1 aromatic rings. The Morgan fingerprint density at radius 3 is 2.61 bits per heavy atom. The molecule has 0 spiro atoms. The molecule has 1 heterocycles. The summed E-state index contributed by atoms with van der Waals surface area (Å²) in [6.45, 7) is 8.00. The van der Waals surface area contributed by atoms with Crippen LogP contribution in [0.25, 0.3) is 0 Å². The van der Waals surface area contributed by atoms with Crippen LogP contribution in [0.2, 0.25) is 0 Å². The summed E-state index contributed by atoms with van der Waals surface area (Å²) in [5.41, 5.74) is 2.92. The van der Waals surface area contributed by atoms with Crippen molar-refractivity contribution in [3.8, 4) is 0 Å². The van der Waals surface area contributed by atoms with Crippen LogP contribution in [-0.4, -0.2) is 19.1 Å². The van der Waals surface area contributed by atoms with Crippen LogP contribution in [-0.2, 0) is 0 Å². The molecule has 1 aromatic carbocycles. The molecule has 100 valence electrons. The van der Waals surface area contributed by atoms with E-state index in [-0.39, 0.29) is 5.54 Å². The standard InChI is InChI=1S/C15H23BrN2/c1-11(17-4)12-6-7-14(13(16)10-12)18-9-5-8-15(18,2)3/h6-7,10-11,17H,5,8-9H2,1-4H3. The summed E-state index contributed by atoms with van der Waals surface area (Å²) in [6.07, 6.45) is 2.56. The van der Waals surface area contributed by atoms with Gasteiger partial charge in [-0.2, -0.15) is 0 Å². The molecule has 1 aliphatic rings. The smallest absolute Gasteiger partial charge is 0.0515 e. The summed E-state index contributed by atoms with van der Waals surface area (Å²) in [7, 11) is 2.00. The van der Waals surface area contributed by atoms with E-state index in [0.29, 0.717) is 6.04 Å². The molecular weight excluding hydrogens is 288 g/mol. The normalized spacial score (nSPS) is 20.2. The van der Waals surface area contributed by atoms with Crippen LogP contribution in [0.4, 0.5) is 5.69 Å². The predicted molar refractivity (Wildman–Crippen MR) is 82.3 cm³/mol. The second kappa shape index (κ2) is 5.22. The highest BCUT2D eigenvalue weighted by atomic mass is 79.9. The third kappa shape index (κ3) is 2.57. The number of nitrogens with zero attached hydrogens (tertiary/aromatic N) is 1. The van der Waals surface area contributed by atoms with Crippen molar-refractivity contribution in [2.24, 2.45) is 0 Å². The monoisotopic (exact) mass is 310 g/mol. The highest BCUT2D eigenvalue weighted by Gasteiger charge is 2.32. The molecule has 18 heavy (non-hydrogen) atoms. The second-order valence-electron chi connectivity index (χ2n) is 5.79. The van der Waals surface area contributed by atoms with E-state index in [1.165, 1.54) is 28.6 Å². The van der Waals surface area contributed by atoms with E-state index < -0.39 is 0 Å². The van der Waals surface area contributed by atoms with Crippen molar-refractivity contribution in [2.45, 2.75) is 45.2 Å². The van der Waals surface area contributed by atoms with Gasteiger partial charge in [-0.25, -0.2) is 0 Å². The van der Waals surface area contributed by atoms with Gasteiger partial charge in [-0.15, -0.1) is 0 Å². The van der Waals surface area contributed by atoms with Gasteiger partial charge in [0.2, 0.25) is 0 Å². The van der Waals surface area contributed by atoms with Crippen molar-refractivity contribution in [2.75, 3.05) is 18.5 Å². The first-order valence-corrected chi connectivity index (χ1v) is 7.49. The zero-order valence-electron chi connectivity index (χ0n) is 11.8. The molecule has 1 unspecified atom stereocenters. The Hall–Kier alpha value is -0.540. The van der Waals surface area contributed by atoms with Gasteiger partial charge in [-0.1, -0.05) is 6.07 Å². The molecule has 2 rings (SSSR count). The Bertz CT molecular complexity index is 429. The first-order valence-electron chi connectivity index (χ1n) is 6.70. The van der Waals surface area contributed by atoms with Crippen molar-refractivity contribution in [3.63, 3.8) is 0 Å². The van der Waals surface area contributed by atoms with Crippen molar-refractivity contribution in [3.05, 3.63) is 28.2 Å². The molecule has 1 N–H and O–H groups in total. The minimum Gasteiger partial charge on any atom is -0.366 e. The molecule has 0 aliphatic carbocycles. The number of rotatable bonds is 3. The molecule has 1 saturated heterocycles. The van der Waals surface area contributed by atoms with E-state index >= 15 is 0 Å². The number of hydrogen-bond acceptors (Lipinski definition) is 2. The Kier molecular flexibility index (Phi) is 4.02. The molecule has 0 amide bonds. The average Bonchev–Trinajstić information content (AvgIpc) is 2.68. The number of hydrogen-bond donors (Lipinski definition) is 1. The van der Waals surface area contributed by atoms with Crippen molar-refractivity contribution < 1.29 is 0 Å². The Morgan fingerprint density at radius 1 is 1.39 bits per heavy atom. The topological polar surface area (TPSA) is 15.3 Å².